The summed E-state index contributed by atoms with van der Waals surface area (Å²) in [5.41, 5.74) is 0.659. The zero-order valence-corrected chi connectivity index (χ0v) is 11.8. The molecule has 1 amide bonds. The maximum atomic E-state index is 11.8. The van der Waals surface area contributed by atoms with E-state index in [1.165, 1.54) is 12.4 Å². The van der Waals surface area contributed by atoms with Gasteiger partial charge in [0.1, 0.15) is 11.7 Å². The molecule has 21 heavy (non-hydrogen) atoms. The van der Waals surface area contributed by atoms with E-state index in [0.29, 0.717) is 5.69 Å². The van der Waals surface area contributed by atoms with Gasteiger partial charge in [0.25, 0.3) is 5.91 Å². The predicted molar refractivity (Wildman–Crippen MR) is 71.5 cm³/mol. The van der Waals surface area contributed by atoms with Crippen molar-refractivity contribution in [1.82, 2.24) is 15.3 Å². The van der Waals surface area contributed by atoms with Gasteiger partial charge in [-0.25, -0.2) is 9.78 Å². The molecule has 0 fully saturated rings. The van der Waals surface area contributed by atoms with Crippen molar-refractivity contribution in [3.05, 3.63) is 23.8 Å². The van der Waals surface area contributed by atoms with Gasteiger partial charge >= 0.3 is 11.9 Å². The molecule has 2 N–H and O–H groups in total. The molecule has 0 saturated heterocycles. The van der Waals surface area contributed by atoms with E-state index in [0.717, 1.165) is 0 Å². The van der Waals surface area contributed by atoms with Crippen LogP contribution in [0.3, 0.4) is 0 Å². The highest BCUT2D eigenvalue weighted by Gasteiger charge is 2.22. The van der Waals surface area contributed by atoms with Crippen molar-refractivity contribution in [3.63, 3.8) is 0 Å². The Labute approximate surface area is 121 Å². The second-order valence-corrected chi connectivity index (χ2v) is 4.25. The van der Waals surface area contributed by atoms with Gasteiger partial charge in [-0.1, -0.05) is 0 Å². The van der Waals surface area contributed by atoms with Gasteiger partial charge in [0.15, 0.2) is 0 Å². The van der Waals surface area contributed by atoms with Gasteiger partial charge in [-0.15, -0.1) is 0 Å². The van der Waals surface area contributed by atoms with Gasteiger partial charge in [-0.2, -0.15) is 0 Å². The Kier molecular flexibility index (Phi) is 6.25. The van der Waals surface area contributed by atoms with Crippen molar-refractivity contribution >= 4 is 17.8 Å². The molecule has 0 saturated carbocycles. The van der Waals surface area contributed by atoms with Crippen LogP contribution in [0.15, 0.2) is 12.4 Å². The Bertz CT molecular complexity index is 515. The quantitative estimate of drug-likeness (QED) is 0.695. The highest BCUT2D eigenvalue weighted by molar-refractivity contribution is 5.94. The average Bonchev–Trinajstić information content (AvgIpc) is 2.43. The molecule has 0 aliphatic heterocycles. The molecule has 1 aromatic rings. The largest absolute Gasteiger partial charge is 0.480 e. The van der Waals surface area contributed by atoms with E-state index in [-0.39, 0.29) is 25.1 Å². The highest BCUT2D eigenvalue weighted by Crippen LogP contribution is 2.02. The van der Waals surface area contributed by atoms with Crippen molar-refractivity contribution < 1.29 is 24.2 Å². The first-order valence-corrected chi connectivity index (χ1v) is 6.42. The zero-order valence-electron chi connectivity index (χ0n) is 11.8. The molecule has 0 spiro atoms. The molecule has 114 valence electrons. The number of nitrogens with one attached hydrogen (secondary N) is 1. The second kappa shape index (κ2) is 7.93. The van der Waals surface area contributed by atoms with Crippen LogP contribution in [0.4, 0.5) is 0 Å². The highest BCUT2D eigenvalue weighted by atomic mass is 16.5. The molecule has 0 aromatic carbocycles. The standard InChI is InChI=1S/C13H17N3O5/c1-3-21-11(17)5-4-9(13(19)20)16-12(18)10-7-14-8(2)6-15-10/h6-7,9H,3-5H2,1-2H3,(H,16,18)(H,19,20)/t9-/m0/s1. The third-order valence-electron chi connectivity index (χ3n) is 2.56. The molecule has 8 heteroatoms. The van der Waals surface area contributed by atoms with E-state index in [1.807, 2.05) is 0 Å². The molecule has 8 nitrogen and oxygen atoms in total. The first-order valence-electron chi connectivity index (χ1n) is 6.42. The van der Waals surface area contributed by atoms with Crippen molar-refractivity contribution in [3.8, 4) is 0 Å². The molecule has 1 heterocycles. The summed E-state index contributed by atoms with van der Waals surface area (Å²) in [7, 11) is 0. The number of carbonyl (C=O) groups excluding carboxylic acids is 2. The lowest BCUT2D eigenvalue weighted by Gasteiger charge is -2.13. The number of carboxylic acid groups (broad SMARTS) is 1. The number of carbonyl (C=O) groups is 3. The summed E-state index contributed by atoms with van der Waals surface area (Å²) in [4.78, 5) is 41.9. The van der Waals surface area contributed by atoms with Crippen molar-refractivity contribution in [2.45, 2.75) is 32.7 Å². The molecule has 0 aliphatic rings. The lowest BCUT2D eigenvalue weighted by atomic mass is 10.1. The molecule has 1 aromatic heterocycles. The van der Waals surface area contributed by atoms with E-state index in [9.17, 15) is 14.4 Å². The second-order valence-electron chi connectivity index (χ2n) is 4.25. The van der Waals surface area contributed by atoms with Crippen LogP contribution in [0.5, 0.6) is 0 Å². The Morgan fingerprint density at radius 2 is 2.05 bits per heavy atom. The predicted octanol–water partition coefficient (Wildman–Crippen LogP) is 0.311. The number of amides is 1. The number of hydrogen-bond acceptors (Lipinski definition) is 6. The maximum absolute atomic E-state index is 11.8. The molecular weight excluding hydrogens is 278 g/mol. The average molecular weight is 295 g/mol. The molecule has 1 rings (SSSR count). The van der Waals surface area contributed by atoms with Crippen LogP contribution in [-0.4, -0.2) is 45.6 Å². The summed E-state index contributed by atoms with van der Waals surface area (Å²) in [6.45, 7) is 3.60. The first kappa shape index (κ1) is 16.5. The number of hydrogen-bond donors (Lipinski definition) is 2. The van der Waals surface area contributed by atoms with Gasteiger partial charge in [-0.05, 0) is 20.3 Å². The molecule has 0 radical (unpaired) electrons. The fraction of sp³-hybridized carbons (Fsp3) is 0.462. The molecular formula is C13H17N3O5. The number of nitrogens with zero attached hydrogens (tertiary/aromatic N) is 2. The monoisotopic (exact) mass is 295 g/mol. The third kappa shape index (κ3) is 5.55. The number of carboxylic acids is 1. The van der Waals surface area contributed by atoms with Crippen LogP contribution in [0.2, 0.25) is 0 Å². The normalized spacial score (nSPS) is 11.5. The fourth-order valence-electron chi connectivity index (χ4n) is 1.49. The molecule has 0 aliphatic carbocycles. The van der Waals surface area contributed by atoms with Crippen LogP contribution in [0, 0.1) is 6.92 Å². The minimum atomic E-state index is -1.23. The number of esters is 1. The van der Waals surface area contributed by atoms with Gasteiger partial charge in [0.2, 0.25) is 0 Å². The van der Waals surface area contributed by atoms with E-state index in [4.69, 9.17) is 9.84 Å². The van der Waals surface area contributed by atoms with Crippen LogP contribution in [0.1, 0.15) is 35.9 Å². The van der Waals surface area contributed by atoms with Gasteiger partial charge < -0.3 is 15.2 Å². The van der Waals surface area contributed by atoms with Crippen LogP contribution in [0.25, 0.3) is 0 Å². The summed E-state index contributed by atoms with van der Waals surface area (Å²) >= 11 is 0. The summed E-state index contributed by atoms with van der Waals surface area (Å²) in [6, 6.07) is -1.19. The third-order valence-corrected chi connectivity index (χ3v) is 2.56. The van der Waals surface area contributed by atoms with E-state index >= 15 is 0 Å². The number of rotatable bonds is 7. The van der Waals surface area contributed by atoms with Crippen molar-refractivity contribution in [2.75, 3.05) is 6.61 Å². The number of aliphatic carboxylic acids is 1. The first-order chi connectivity index (χ1) is 9.93. The summed E-state index contributed by atoms with van der Waals surface area (Å²) in [5.74, 6) is -2.39. The number of aromatic nitrogens is 2. The van der Waals surface area contributed by atoms with Gasteiger partial charge in [0.05, 0.1) is 18.5 Å². The van der Waals surface area contributed by atoms with Crippen LogP contribution < -0.4 is 5.32 Å². The lowest BCUT2D eigenvalue weighted by Crippen LogP contribution is -2.41. The van der Waals surface area contributed by atoms with Crippen molar-refractivity contribution in [1.29, 1.82) is 0 Å². The van der Waals surface area contributed by atoms with Gasteiger partial charge in [0, 0.05) is 12.6 Å². The topological polar surface area (TPSA) is 118 Å². The summed E-state index contributed by atoms with van der Waals surface area (Å²) < 4.78 is 4.71. The smallest absolute Gasteiger partial charge is 0.326 e. The maximum Gasteiger partial charge on any atom is 0.326 e. The SMILES string of the molecule is CCOC(=O)CC[C@H](NC(=O)c1cnc(C)cn1)C(=O)O. The van der Waals surface area contributed by atoms with E-state index in [2.05, 4.69) is 15.3 Å². The van der Waals surface area contributed by atoms with Crippen molar-refractivity contribution in [2.24, 2.45) is 0 Å². The molecule has 0 unspecified atom stereocenters. The minimum absolute atomic E-state index is 0.0167. The Hall–Kier alpha value is -2.51. The number of ether oxygens (including phenoxy) is 1. The molecule has 0 bridgehead atoms. The van der Waals surface area contributed by atoms with E-state index in [1.54, 1.807) is 13.8 Å². The Balaban J connectivity index is 2.61. The fourth-order valence-corrected chi connectivity index (χ4v) is 1.49. The molecule has 1 atom stereocenters. The van der Waals surface area contributed by atoms with E-state index < -0.39 is 23.9 Å². The summed E-state index contributed by atoms with van der Waals surface area (Å²) in [5, 5.41) is 11.4. The summed E-state index contributed by atoms with van der Waals surface area (Å²) in [6.07, 6.45) is 2.52. The zero-order chi connectivity index (χ0) is 15.8. The number of aryl methyl sites for hydroxylation is 1. The Morgan fingerprint density at radius 1 is 1.33 bits per heavy atom. The van der Waals surface area contributed by atoms with Crippen LogP contribution >= 0.6 is 0 Å². The minimum Gasteiger partial charge on any atom is -0.480 e. The van der Waals surface area contributed by atoms with Crippen LogP contribution in [-0.2, 0) is 14.3 Å². The Morgan fingerprint density at radius 3 is 2.57 bits per heavy atom. The lowest BCUT2D eigenvalue weighted by molar-refractivity contribution is -0.144. The van der Waals surface area contributed by atoms with Gasteiger partial charge in [-0.3, -0.25) is 14.6 Å².